The van der Waals surface area contributed by atoms with Gasteiger partial charge < -0.3 is 11.5 Å². The molecule has 1 aliphatic heterocycles. The van der Waals surface area contributed by atoms with Crippen LogP contribution < -0.4 is 16.8 Å². The Morgan fingerprint density at radius 3 is 1.65 bits per heavy atom. The largest absolute Gasteiger partial charge is 0.370 e. The number of amides is 4. The van der Waals surface area contributed by atoms with Crippen LogP contribution in [-0.4, -0.2) is 23.6 Å². The predicted molar refractivity (Wildman–Crippen MR) is 70.5 cm³/mol. The van der Waals surface area contributed by atoms with Gasteiger partial charge in [0.1, 0.15) is 0 Å². The molecule has 2 rings (SSSR count). The van der Waals surface area contributed by atoms with E-state index in [9.17, 15) is 19.2 Å². The highest BCUT2D eigenvalue weighted by Crippen LogP contribution is 2.13. The molecule has 0 aromatic heterocycles. The van der Waals surface area contributed by atoms with Crippen LogP contribution >= 0.6 is 0 Å². The van der Waals surface area contributed by atoms with Crippen molar-refractivity contribution in [3.63, 3.8) is 0 Å². The zero-order valence-corrected chi connectivity index (χ0v) is 10.7. The van der Waals surface area contributed by atoms with E-state index in [0.717, 1.165) is 0 Å². The first kappa shape index (κ1) is 15.4. The summed E-state index contributed by atoms with van der Waals surface area (Å²) < 4.78 is 0. The van der Waals surface area contributed by atoms with Crippen molar-refractivity contribution >= 4 is 23.6 Å². The first-order valence-corrected chi connectivity index (χ1v) is 5.93. The van der Waals surface area contributed by atoms with E-state index in [1.807, 2.05) is 0 Å². The van der Waals surface area contributed by atoms with E-state index in [0.29, 0.717) is 17.5 Å². The molecule has 106 valence electrons. The molecule has 0 aliphatic carbocycles. The molecule has 20 heavy (non-hydrogen) atoms. The number of carbonyl (C=O) groups excluding carboxylic acids is 4. The molecule has 0 unspecified atom stereocenters. The molecule has 0 saturated carbocycles. The van der Waals surface area contributed by atoms with Gasteiger partial charge >= 0.3 is 0 Å². The van der Waals surface area contributed by atoms with Gasteiger partial charge in [-0.1, -0.05) is 12.1 Å². The summed E-state index contributed by atoms with van der Waals surface area (Å²) in [4.78, 5) is 42.0. The SMILES string of the molecule is NC(=O)CCCC(N)=O.O=C1NC(=O)c2ccccc21. The molecule has 4 amide bonds. The highest BCUT2D eigenvalue weighted by molar-refractivity contribution is 6.21. The fourth-order valence-corrected chi connectivity index (χ4v) is 1.55. The number of rotatable bonds is 4. The number of primary amides is 2. The normalized spacial score (nSPS) is 12.0. The number of hydrogen-bond acceptors (Lipinski definition) is 4. The van der Waals surface area contributed by atoms with Gasteiger partial charge in [-0.25, -0.2) is 0 Å². The average Bonchev–Trinajstić information content (AvgIpc) is 2.66. The van der Waals surface area contributed by atoms with Gasteiger partial charge in [-0.3, -0.25) is 24.5 Å². The molecular formula is C13H15N3O4. The maximum Gasteiger partial charge on any atom is 0.258 e. The van der Waals surface area contributed by atoms with E-state index in [4.69, 9.17) is 11.5 Å². The van der Waals surface area contributed by atoms with Crippen molar-refractivity contribution in [1.29, 1.82) is 0 Å². The summed E-state index contributed by atoms with van der Waals surface area (Å²) in [5.74, 6) is -1.39. The number of nitrogens with two attached hydrogens (primary N) is 2. The summed E-state index contributed by atoms with van der Waals surface area (Å²) in [5.41, 5.74) is 10.5. The molecule has 0 saturated heterocycles. The Balaban J connectivity index is 0.000000206. The maximum atomic E-state index is 10.9. The molecular weight excluding hydrogens is 262 g/mol. The van der Waals surface area contributed by atoms with Crippen LogP contribution in [0.15, 0.2) is 24.3 Å². The molecule has 1 aliphatic rings. The third kappa shape index (κ3) is 4.52. The van der Waals surface area contributed by atoms with Crippen molar-refractivity contribution in [3.05, 3.63) is 35.4 Å². The first-order valence-electron chi connectivity index (χ1n) is 5.93. The van der Waals surface area contributed by atoms with Crippen LogP contribution in [-0.2, 0) is 9.59 Å². The van der Waals surface area contributed by atoms with E-state index < -0.39 is 11.8 Å². The van der Waals surface area contributed by atoms with Gasteiger partial charge in [0.05, 0.1) is 11.1 Å². The number of carbonyl (C=O) groups is 4. The number of nitrogens with one attached hydrogen (secondary N) is 1. The lowest BCUT2D eigenvalue weighted by Gasteiger charge is -1.90. The third-order valence-corrected chi connectivity index (χ3v) is 2.49. The summed E-state index contributed by atoms with van der Waals surface area (Å²) in [7, 11) is 0. The Morgan fingerprint density at radius 1 is 0.900 bits per heavy atom. The van der Waals surface area contributed by atoms with E-state index >= 15 is 0 Å². The molecule has 0 bridgehead atoms. The molecule has 1 aromatic rings. The average molecular weight is 277 g/mol. The lowest BCUT2D eigenvalue weighted by atomic mass is 10.1. The summed E-state index contributed by atoms with van der Waals surface area (Å²) in [6.07, 6.45) is 0.941. The van der Waals surface area contributed by atoms with Crippen molar-refractivity contribution in [2.45, 2.75) is 19.3 Å². The Bertz CT molecular complexity index is 507. The van der Waals surface area contributed by atoms with E-state index in [2.05, 4.69) is 5.32 Å². The van der Waals surface area contributed by atoms with Crippen molar-refractivity contribution in [1.82, 2.24) is 5.32 Å². The van der Waals surface area contributed by atoms with Gasteiger partial charge in [-0.15, -0.1) is 0 Å². The maximum absolute atomic E-state index is 10.9. The first-order chi connectivity index (χ1) is 9.41. The van der Waals surface area contributed by atoms with Gasteiger partial charge in [0.25, 0.3) is 11.8 Å². The second-order valence-electron chi connectivity index (χ2n) is 4.12. The fourth-order valence-electron chi connectivity index (χ4n) is 1.55. The van der Waals surface area contributed by atoms with Gasteiger partial charge in [0.2, 0.25) is 11.8 Å². The van der Waals surface area contributed by atoms with Gasteiger partial charge in [-0.2, -0.15) is 0 Å². The van der Waals surface area contributed by atoms with Crippen LogP contribution in [0.1, 0.15) is 40.0 Å². The van der Waals surface area contributed by atoms with Crippen LogP contribution in [0.4, 0.5) is 0 Å². The lowest BCUT2D eigenvalue weighted by Crippen LogP contribution is -2.19. The lowest BCUT2D eigenvalue weighted by molar-refractivity contribution is -0.119. The molecule has 0 atom stereocenters. The van der Waals surface area contributed by atoms with Crippen LogP contribution in [0, 0.1) is 0 Å². The van der Waals surface area contributed by atoms with E-state index in [-0.39, 0.29) is 24.7 Å². The minimum absolute atomic E-state index is 0.239. The second kappa shape index (κ2) is 7.03. The van der Waals surface area contributed by atoms with Crippen molar-refractivity contribution in [3.8, 4) is 0 Å². The molecule has 7 nitrogen and oxygen atoms in total. The Morgan fingerprint density at radius 2 is 1.30 bits per heavy atom. The molecule has 0 fully saturated rings. The molecule has 1 aromatic carbocycles. The van der Waals surface area contributed by atoms with Crippen LogP contribution in [0.5, 0.6) is 0 Å². The number of imide groups is 1. The van der Waals surface area contributed by atoms with Crippen molar-refractivity contribution in [2.24, 2.45) is 11.5 Å². The second-order valence-corrected chi connectivity index (χ2v) is 4.12. The third-order valence-electron chi connectivity index (χ3n) is 2.49. The predicted octanol–water partition coefficient (Wildman–Crippen LogP) is -0.302. The smallest absolute Gasteiger partial charge is 0.258 e. The highest BCUT2D eigenvalue weighted by atomic mass is 16.2. The minimum atomic E-state index is -0.392. The summed E-state index contributed by atoms with van der Waals surface area (Å²) >= 11 is 0. The van der Waals surface area contributed by atoms with Crippen LogP contribution in [0.25, 0.3) is 0 Å². The van der Waals surface area contributed by atoms with E-state index in [1.165, 1.54) is 0 Å². The summed E-state index contributed by atoms with van der Waals surface area (Å²) in [6, 6.07) is 6.74. The number of benzene rings is 1. The zero-order chi connectivity index (χ0) is 15.1. The van der Waals surface area contributed by atoms with Crippen LogP contribution in [0.3, 0.4) is 0 Å². The van der Waals surface area contributed by atoms with Gasteiger partial charge in [0, 0.05) is 12.8 Å². The van der Waals surface area contributed by atoms with Crippen molar-refractivity contribution < 1.29 is 19.2 Å². The Labute approximate surface area is 115 Å². The van der Waals surface area contributed by atoms with E-state index in [1.54, 1.807) is 24.3 Å². The fraction of sp³-hybridized carbons (Fsp3) is 0.231. The number of hydrogen-bond donors (Lipinski definition) is 3. The molecule has 0 spiro atoms. The molecule has 1 heterocycles. The highest BCUT2D eigenvalue weighted by Gasteiger charge is 2.25. The Hall–Kier alpha value is -2.70. The summed E-state index contributed by atoms with van der Waals surface area (Å²) in [5, 5.41) is 2.20. The standard InChI is InChI=1S/C8H5NO2.C5H10N2O2/c10-7-5-3-1-2-4-6(5)8(11)9-7;6-4(8)2-1-3-5(7)9/h1-4H,(H,9,10,11);1-3H2,(H2,6,8)(H2,7,9). The topological polar surface area (TPSA) is 132 Å². The molecule has 5 N–H and O–H groups in total. The van der Waals surface area contributed by atoms with Crippen molar-refractivity contribution in [2.75, 3.05) is 0 Å². The number of fused-ring (bicyclic) bond motifs is 1. The Kier molecular flexibility index (Phi) is 5.40. The van der Waals surface area contributed by atoms with Crippen LogP contribution in [0.2, 0.25) is 0 Å². The monoisotopic (exact) mass is 277 g/mol. The zero-order valence-electron chi connectivity index (χ0n) is 10.7. The minimum Gasteiger partial charge on any atom is -0.370 e. The quantitative estimate of drug-likeness (QED) is 0.651. The molecule has 7 heteroatoms. The van der Waals surface area contributed by atoms with Gasteiger partial charge in [-0.05, 0) is 18.6 Å². The van der Waals surface area contributed by atoms with Gasteiger partial charge in [0.15, 0.2) is 0 Å². The summed E-state index contributed by atoms with van der Waals surface area (Å²) in [6.45, 7) is 0. The molecule has 0 radical (unpaired) electrons.